The third-order valence-electron chi connectivity index (χ3n) is 3.38. The number of ether oxygens (including phenoxy) is 1. The third-order valence-corrected chi connectivity index (χ3v) is 3.38. The smallest absolute Gasteiger partial charge is 0.162 e. The molecule has 110 valence electrons. The summed E-state index contributed by atoms with van der Waals surface area (Å²) in [5, 5.41) is 0. The Morgan fingerprint density at radius 2 is 1.60 bits per heavy atom. The molecule has 3 nitrogen and oxygen atoms in total. The van der Waals surface area contributed by atoms with Crippen LogP contribution in [0.3, 0.4) is 0 Å². The van der Waals surface area contributed by atoms with Crippen LogP contribution in [0.25, 0.3) is 0 Å². The van der Waals surface area contributed by atoms with Gasteiger partial charge in [0.25, 0.3) is 0 Å². The number of benzene rings is 1. The standard InChI is InChI=1S/C17H24O3/c1-13(2)16(18)7-5-4-6-8-17(19)14-9-11-15(20-3)12-10-14/h9-13H,4-8H2,1-3H3. The molecular weight excluding hydrogens is 252 g/mol. The van der Waals surface area contributed by atoms with E-state index in [4.69, 9.17) is 4.74 Å². The third kappa shape index (κ3) is 5.55. The maximum Gasteiger partial charge on any atom is 0.162 e. The normalized spacial score (nSPS) is 10.6. The minimum atomic E-state index is 0.121. The van der Waals surface area contributed by atoms with Gasteiger partial charge in [0.15, 0.2) is 5.78 Å². The quantitative estimate of drug-likeness (QED) is 0.504. The summed E-state index contributed by atoms with van der Waals surface area (Å²) < 4.78 is 5.06. The van der Waals surface area contributed by atoms with Gasteiger partial charge in [0.1, 0.15) is 11.5 Å². The van der Waals surface area contributed by atoms with Crippen molar-refractivity contribution in [2.24, 2.45) is 5.92 Å². The van der Waals surface area contributed by atoms with Gasteiger partial charge in [0.2, 0.25) is 0 Å². The fourth-order valence-electron chi connectivity index (χ4n) is 1.97. The van der Waals surface area contributed by atoms with Crippen LogP contribution in [0.4, 0.5) is 0 Å². The molecule has 0 atom stereocenters. The highest BCUT2D eigenvalue weighted by Crippen LogP contribution is 2.14. The second-order valence-corrected chi connectivity index (χ2v) is 5.33. The first-order valence-corrected chi connectivity index (χ1v) is 7.24. The minimum Gasteiger partial charge on any atom is -0.497 e. The largest absolute Gasteiger partial charge is 0.497 e. The second-order valence-electron chi connectivity index (χ2n) is 5.33. The van der Waals surface area contributed by atoms with E-state index in [1.54, 1.807) is 31.4 Å². The molecular formula is C17H24O3. The van der Waals surface area contributed by atoms with Crippen LogP contribution < -0.4 is 4.74 Å². The number of methoxy groups -OCH3 is 1. The van der Waals surface area contributed by atoms with E-state index < -0.39 is 0 Å². The summed E-state index contributed by atoms with van der Waals surface area (Å²) in [7, 11) is 1.61. The van der Waals surface area contributed by atoms with Crippen LogP contribution in [0.2, 0.25) is 0 Å². The molecule has 0 aliphatic rings. The van der Waals surface area contributed by atoms with Crippen molar-refractivity contribution in [3.63, 3.8) is 0 Å². The van der Waals surface area contributed by atoms with Gasteiger partial charge in [-0.1, -0.05) is 20.3 Å². The zero-order valence-electron chi connectivity index (χ0n) is 12.6. The van der Waals surface area contributed by atoms with Crippen LogP contribution in [-0.2, 0) is 4.79 Å². The average molecular weight is 276 g/mol. The first kappa shape index (κ1) is 16.4. The molecule has 0 radical (unpaired) electrons. The number of rotatable bonds is 9. The Bertz CT molecular complexity index is 432. The molecule has 1 aromatic rings. The molecule has 20 heavy (non-hydrogen) atoms. The topological polar surface area (TPSA) is 43.4 Å². The molecule has 1 rings (SSSR count). The first-order valence-electron chi connectivity index (χ1n) is 7.24. The number of ketones is 2. The Labute approximate surface area is 121 Å². The average Bonchev–Trinajstić information content (AvgIpc) is 2.46. The van der Waals surface area contributed by atoms with Crippen molar-refractivity contribution in [1.29, 1.82) is 0 Å². The Hall–Kier alpha value is -1.64. The van der Waals surface area contributed by atoms with Crippen LogP contribution >= 0.6 is 0 Å². The van der Waals surface area contributed by atoms with Crippen LogP contribution in [-0.4, -0.2) is 18.7 Å². The Morgan fingerprint density at radius 3 is 2.15 bits per heavy atom. The van der Waals surface area contributed by atoms with E-state index in [0.29, 0.717) is 18.6 Å². The van der Waals surface area contributed by atoms with Gasteiger partial charge in [0.05, 0.1) is 7.11 Å². The van der Waals surface area contributed by atoms with Crippen molar-refractivity contribution in [2.75, 3.05) is 7.11 Å². The fourth-order valence-corrected chi connectivity index (χ4v) is 1.97. The highest BCUT2D eigenvalue weighted by Gasteiger charge is 2.08. The van der Waals surface area contributed by atoms with Crippen molar-refractivity contribution in [1.82, 2.24) is 0 Å². The highest BCUT2D eigenvalue weighted by atomic mass is 16.5. The molecule has 0 aromatic heterocycles. The zero-order chi connectivity index (χ0) is 15.0. The lowest BCUT2D eigenvalue weighted by Gasteiger charge is -2.04. The molecule has 0 bridgehead atoms. The van der Waals surface area contributed by atoms with E-state index in [-0.39, 0.29) is 11.7 Å². The van der Waals surface area contributed by atoms with Crippen LogP contribution in [0.5, 0.6) is 5.75 Å². The van der Waals surface area contributed by atoms with Crippen LogP contribution in [0.15, 0.2) is 24.3 Å². The maximum absolute atomic E-state index is 11.9. The highest BCUT2D eigenvalue weighted by molar-refractivity contribution is 5.96. The Balaban J connectivity index is 2.24. The van der Waals surface area contributed by atoms with E-state index in [0.717, 1.165) is 30.6 Å². The number of carbonyl (C=O) groups is 2. The number of hydrogen-bond acceptors (Lipinski definition) is 3. The number of hydrogen-bond donors (Lipinski definition) is 0. The van der Waals surface area contributed by atoms with E-state index in [2.05, 4.69) is 0 Å². The fraction of sp³-hybridized carbons (Fsp3) is 0.529. The van der Waals surface area contributed by atoms with Crippen molar-refractivity contribution in [2.45, 2.75) is 46.0 Å². The van der Waals surface area contributed by atoms with Crippen molar-refractivity contribution >= 4 is 11.6 Å². The van der Waals surface area contributed by atoms with Crippen LogP contribution in [0.1, 0.15) is 56.3 Å². The molecule has 3 heteroatoms. The molecule has 0 aliphatic carbocycles. The zero-order valence-corrected chi connectivity index (χ0v) is 12.6. The molecule has 0 heterocycles. The SMILES string of the molecule is COc1ccc(C(=O)CCCCCC(=O)C(C)C)cc1. The van der Waals surface area contributed by atoms with Gasteiger partial charge >= 0.3 is 0 Å². The molecule has 0 amide bonds. The van der Waals surface area contributed by atoms with E-state index in [9.17, 15) is 9.59 Å². The molecule has 0 N–H and O–H groups in total. The Kier molecular flexibility index (Phi) is 6.99. The summed E-state index contributed by atoms with van der Waals surface area (Å²) in [5.41, 5.74) is 0.726. The van der Waals surface area contributed by atoms with Gasteiger partial charge in [-0.05, 0) is 37.1 Å². The van der Waals surface area contributed by atoms with Gasteiger partial charge in [-0.15, -0.1) is 0 Å². The van der Waals surface area contributed by atoms with Gasteiger partial charge < -0.3 is 4.74 Å². The molecule has 0 saturated heterocycles. The van der Waals surface area contributed by atoms with Crippen molar-refractivity contribution < 1.29 is 14.3 Å². The predicted molar refractivity (Wildman–Crippen MR) is 80.3 cm³/mol. The number of unbranched alkanes of at least 4 members (excludes halogenated alkanes) is 2. The Morgan fingerprint density at radius 1 is 1.00 bits per heavy atom. The molecule has 0 fully saturated rings. The number of carbonyl (C=O) groups excluding carboxylic acids is 2. The molecule has 0 unspecified atom stereocenters. The molecule has 0 spiro atoms. The number of Topliss-reactive ketones (excluding diaryl/α,β-unsaturated/α-hetero) is 2. The van der Waals surface area contributed by atoms with Gasteiger partial charge in [-0.2, -0.15) is 0 Å². The summed E-state index contributed by atoms with van der Waals surface area (Å²) in [6, 6.07) is 7.19. The lowest BCUT2D eigenvalue weighted by atomic mass is 10.0. The van der Waals surface area contributed by atoms with E-state index >= 15 is 0 Å². The van der Waals surface area contributed by atoms with E-state index in [1.165, 1.54) is 0 Å². The van der Waals surface area contributed by atoms with Gasteiger partial charge in [-0.25, -0.2) is 0 Å². The lowest BCUT2D eigenvalue weighted by Crippen LogP contribution is -2.06. The second kappa shape index (κ2) is 8.51. The van der Waals surface area contributed by atoms with Gasteiger partial charge in [0, 0.05) is 24.3 Å². The first-order chi connectivity index (χ1) is 9.54. The lowest BCUT2D eigenvalue weighted by molar-refractivity contribution is -0.122. The minimum absolute atomic E-state index is 0.121. The van der Waals surface area contributed by atoms with Crippen LogP contribution in [0, 0.1) is 5.92 Å². The molecule has 0 saturated carbocycles. The summed E-state index contributed by atoms with van der Waals surface area (Å²) >= 11 is 0. The summed E-state index contributed by atoms with van der Waals surface area (Å²) in [4.78, 5) is 23.4. The van der Waals surface area contributed by atoms with E-state index in [1.807, 2.05) is 13.8 Å². The summed E-state index contributed by atoms with van der Waals surface area (Å²) in [6.07, 6.45) is 3.83. The monoisotopic (exact) mass is 276 g/mol. The summed E-state index contributed by atoms with van der Waals surface area (Å²) in [5.74, 6) is 1.35. The molecule has 0 aliphatic heterocycles. The predicted octanol–water partition coefficient (Wildman–Crippen LogP) is 4.05. The summed E-state index contributed by atoms with van der Waals surface area (Å²) in [6.45, 7) is 3.85. The van der Waals surface area contributed by atoms with Gasteiger partial charge in [-0.3, -0.25) is 9.59 Å². The maximum atomic E-state index is 11.9. The molecule has 1 aromatic carbocycles. The van der Waals surface area contributed by atoms with Crippen molar-refractivity contribution in [3.8, 4) is 5.75 Å². The van der Waals surface area contributed by atoms with Crippen molar-refractivity contribution in [3.05, 3.63) is 29.8 Å².